The molecule has 2 nitrogen and oxygen atoms in total. The molecule has 0 heterocycles. The summed E-state index contributed by atoms with van der Waals surface area (Å²) in [7, 11) is 0. The lowest BCUT2D eigenvalue weighted by Gasteiger charge is -1.99. The smallest absolute Gasteiger partial charge is 0.0568 e. The van der Waals surface area contributed by atoms with Crippen molar-refractivity contribution < 1.29 is 0 Å². The molecule has 24 heavy (non-hydrogen) atoms. The number of nitrogens with zero attached hydrogens (tertiary/aromatic N) is 2. The van der Waals surface area contributed by atoms with Crippen molar-refractivity contribution in [1.29, 1.82) is 0 Å². The van der Waals surface area contributed by atoms with Crippen molar-refractivity contribution in [1.82, 2.24) is 0 Å². The third-order valence-electron chi connectivity index (χ3n) is 3.85. The molecule has 0 atom stereocenters. The van der Waals surface area contributed by atoms with Crippen LogP contribution in [0.3, 0.4) is 0 Å². The minimum absolute atomic E-state index is 1.06. The number of hydrogen-bond donors (Lipinski definition) is 0. The quantitative estimate of drug-likeness (QED) is 0.344. The lowest BCUT2D eigenvalue weighted by molar-refractivity contribution is 0.992. The second-order valence-corrected chi connectivity index (χ2v) is 5.74. The fraction of sp³-hybridized carbons (Fsp3) is 0.273. The minimum atomic E-state index is 1.06. The van der Waals surface area contributed by atoms with Gasteiger partial charge in [-0.25, -0.2) is 0 Å². The summed E-state index contributed by atoms with van der Waals surface area (Å²) < 4.78 is 0. The first-order valence-corrected chi connectivity index (χ1v) is 8.71. The van der Waals surface area contributed by atoms with Crippen molar-refractivity contribution in [2.24, 2.45) is 10.2 Å². The summed E-state index contributed by atoms with van der Waals surface area (Å²) in [6.07, 6.45) is 12.4. The van der Waals surface area contributed by atoms with Gasteiger partial charge in [0.2, 0.25) is 0 Å². The molecule has 2 aromatic rings. The van der Waals surface area contributed by atoms with E-state index < -0.39 is 0 Å². The summed E-state index contributed by atoms with van der Waals surface area (Å²) in [5.74, 6) is 0. The molecule has 0 spiro atoms. The van der Waals surface area contributed by atoms with Gasteiger partial charge >= 0.3 is 0 Å². The number of benzene rings is 2. The summed E-state index contributed by atoms with van der Waals surface area (Å²) in [5, 5.41) is 8.25. The largest absolute Gasteiger partial charge is 0.159 e. The van der Waals surface area contributed by atoms with E-state index in [0.717, 1.165) is 36.8 Å². The van der Waals surface area contributed by atoms with E-state index in [1.165, 1.54) is 11.1 Å². The first kappa shape index (κ1) is 17.9. The molecule has 2 heteroatoms. The zero-order valence-corrected chi connectivity index (χ0v) is 14.7. The van der Waals surface area contributed by atoms with Gasteiger partial charge in [-0.2, -0.15) is 10.2 Å². The molecule has 2 aromatic carbocycles. The molecule has 0 saturated heterocycles. The number of allylic oxidation sites excluding steroid dienone is 2. The maximum Gasteiger partial charge on any atom is 0.0568 e. The second kappa shape index (κ2) is 10.3. The highest BCUT2D eigenvalue weighted by Gasteiger charge is 1.92. The van der Waals surface area contributed by atoms with Gasteiger partial charge in [0.1, 0.15) is 0 Å². The molecule has 0 aliphatic carbocycles. The summed E-state index contributed by atoms with van der Waals surface area (Å²) in [4.78, 5) is 0. The Kier molecular flexibility index (Phi) is 7.69. The van der Waals surface area contributed by atoms with E-state index >= 15 is 0 Å². The Labute approximate surface area is 145 Å². The Hall–Kier alpha value is -2.48. The summed E-state index contributed by atoms with van der Waals surface area (Å²) in [5.41, 5.74) is 4.83. The molecule has 0 fully saturated rings. The van der Waals surface area contributed by atoms with Gasteiger partial charge < -0.3 is 0 Å². The van der Waals surface area contributed by atoms with Crippen molar-refractivity contribution in [2.45, 2.75) is 39.5 Å². The van der Waals surface area contributed by atoms with Crippen LogP contribution in [0.4, 0.5) is 0 Å². The van der Waals surface area contributed by atoms with Crippen LogP contribution in [0.2, 0.25) is 0 Å². The molecule has 0 aliphatic rings. The fourth-order valence-corrected chi connectivity index (χ4v) is 2.34. The molecule has 0 aliphatic heterocycles. The normalized spacial score (nSPS) is 11.9. The predicted molar refractivity (Wildman–Crippen MR) is 105 cm³/mol. The van der Waals surface area contributed by atoms with E-state index in [9.17, 15) is 0 Å². The maximum absolute atomic E-state index is 4.13. The van der Waals surface area contributed by atoms with Gasteiger partial charge in [0.25, 0.3) is 0 Å². The van der Waals surface area contributed by atoms with Gasteiger partial charge in [-0.1, -0.05) is 74.5 Å². The Morgan fingerprint density at radius 3 is 1.75 bits per heavy atom. The summed E-state index contributed by atoms with van der Waals surface area (Å²) in [6, 6.07) is 16.9. The Bertz CT molecular complexity index is 677. The molecule has 0 aromatic heterocycles. The molecule has 0 N–H and O–H groups in total. The van der Waals surface area contributed by atoms with E-state index in [0.29, 0.717) is 0 Å². The third kappa shape index (κ3) is 6.33. The average Bonchev–Trinajstić information content (AvgIpc) is 2.64. The molecule has 0 bridgehead atoms. The average molecular weight is 318 g/mol. The second-order valence-electron chi connectivity index (χ2n) is 5.74. The standard InChI is InChI=1S/C22H26N2/c1-3-5-6-7-8-20-11-15-22(16-12-20)18-24-23-17-21-13-9-19(4-2)10-14-21/h5-6,9-18H,3-4,7-8H2,1-2H3/b6-5+,23-17+,24-18+. The molecular formula is C22H26N2. The Balaban J connectivity index is 1.84. The molecule has 0 amide bonds. The fourth-order valence-electron chi connectivity index (χ4n) is 2.34. The SMILES string of the molecule is CC/C=C/CCc1ccc(/C=N/N=C/c2ccc(CC)cc2)cc1. The van der Waals surface area contributed by atoms with E-state index in [4.69, 9.17) is 0 Å². The molecular weight excluding hydrogens is 292 g/mol. The lowest BCUT2D eigenvalue weighted by Crippen LogP contribution is -1.86. The van der Waals surface area contributed by atoms with E-state index in [1.54, 1.807) is 12.4 Å². The summed E-state index contributed by atoms with van der Waals surface area (Å²) in [6.45, 7) is 4.31. The van der Waals surface area contributed by atoms with Crippen molar-refractivity contribution >= 4 is 12.4 Å². The highest BCUT2D eigenvalue weighted by atomic mass is 15.2. The third-order valence-corrected chi connectivity index (χ3v) is 3.85. The monoisotopic (exact) mass is 318 g/mol. The van der Waals surface area contributed by atoms with Gasteiger partial charge in [0.15, 0.2) is 0 Å². The van der Waals surface area contributed by atoms with E-state index in [1.807, 2.05) is 0 Å². The van der Waals surface area contributed by atoms with Crippen LogP contribution in [0.1, 0.15) is 48.9 Å². The van der Waals surface area contributed by atoms with Crippen LogP contribution in [0, 0.1) is 0 Å². The Morgan fingerprint density at radius 1 is 0.708 bits per heavy atom. The number of aryl methyl sites for hydroxylation is 2. The van der Waals surface area contributed by atoms with Gasteiger partial charge in [0, 0.05) is 0 Å². The van der Waals surface area contributed by atoms with Crippen molar-refractivity contribution in [2.75, 3.05) is 0 Å². The van der Waals surface area contributed by atoms with Crippen LogP contribution < -0.4 is 0 Å². The molecule has 2 rings (SSSR count). The minimum Gasteiger partial charge on any atom is -0.159 e. The first-order chi connectivity index (χ1) is 11.8. The van der Waals surface area contributed by atoms with Gasteiger partial charge in [-0.15, -0.1) is 0 Å². The predicted octanol–water partition coefficient (Wildman–Crippen LogP) is 5.60. The van der Waals surface area contributed by atoms with Gasteiger partial charge in [-0.3, -0.25) is 0 Å². The van der Waals surface area contributed by atoms with Crippen LogP contribution in [0.15, 0.2) is 70.9 Å². The van der Waals surface area contributed by atoms with Gasteiger partial charge in [-0.05, 0) is 47.9 Å². The highest BCUT2D eigenvalue weighted by Crippen LogP contribution is 2.06. The van der Waals surface area contributed by atoms with E-state index in [-0.39, 0.29) is 0 Å². The Morgan fingerprint density at radius 2 is 1.25 bits per heavy atom. The van der Waals surface area contributed by atoms with Crippen molar-refractivity contribution in [3.05, 3.63) is 82.9 Å². The molecule has 0 radical (unpaired) electrons. The molecule has 0 unspecified atom stereocenters. The highest BCUT2D eigenvalue weighted by molar-refractivity contribution is 5.82. The number of hydrogen-bond acceptors (Lipinski definition) is 2. The molecule has 124 valence electrons. The lowest BCUT2D eigenvalue weighted by atomic mass is 10.1. The van der Waals surface area contributed by atoms with Crippen LogP contribution in [-0.4, -0.2) is 12.4 Å². The van der Waals surface area contributed by atoms with Crippen molar-refractivity contribution in [3.63, 3.8) is 0 Å². The number of rotatable bonds is 8. The van der Waals surface area contributed by atoms with Crippen molar-refractivity contribution in [3.8, 4) is 0 Å². The van der Waals surface area contributed by atoms with Crippen LogP contribution in [0.25, 0.3) is 0 Å². The van der Waals surface area contributed by atoms with Gasteiger partial charge in [0.05, 0.1) is 12.4 Å². The maximum atomic E-state index is 4.13. The van der Waals surface area contributed by atoms with E-state index in [2.05, 4.69) is 84.7 Å². The van der Waals surface area contributed by atoms with Crippen LogP contribution >= 0.6 is 0 Å². The van der Waals surface area contributed by atoms with Crippen LogP contribution in [0.5, 0.6) is 0 Å². The molecule has 0 saturated carbocycles. The first-order valence-electron chi connectivity index (χ1n) is 8.71. The summed E-state index contributed by atoms with van der Waals surface area (Å²) >= 11 is 0. The topological polar surface area (TPSA) is 24.7 Å². The zero-order chi connectivity index (χ0) is 17.0. The zero-order valence-electron chi connectivity index (χ0n) is 14.7. The van der Waals surface area contributed by atoms with Crippen LogP contribution in [-0.2, 0) is 12.8 Å².